The monoisotopic (exact) mass is 329 g/mol. The molecular formula is C17H19N3S2. The summed E-state index contributed by atoms with van der Waals surface area (Å²) in [5.74, 6) is 1.99. The maximum Gasteiger partial charge on any atom is 0.191 e. The van der Waals surface area contributed by atoms with Crippen molar-refractivity contribution in [1.29, 1.82) is 0 Å². The van der Waals surface area contributed by atoms with Crippen LogP contribution in [0.5, 0.6) is 0 Å². The molecule has 3 nitrogen and oxygen atoms in total. The third-order valence-electron chi connectivity index (χ3n) is 3.64. The highest BCUT2D eigenvalue weighted by Gasteiger charge is 2.12. The molecule has 0 aliphatic carbocycles. The number of hydrogen-bond donors (Lipinski definition) is 0. The maximum atomic E-state index is 4.40. The minimum absolute atomic E-state index is 0.865. The molecule has 0 spiro atoms. The van der Waals surface area contributed by atoms with Gasteiger partial charge in [0.15, 0.2) is 5.16 Å². The Hall–Kier alpha value is -1.59. The zero-order chi connectivity index (χ0) is 15.4. The van der Waals surface area contributed by atoms with Crippen LogP contribution >= 0.6 is 23.1 Å². The van der Waals surface area contributed by atoms with Crippen molar-refractivity contribution in [3.8, 4) is 0 Å². The number of rotatable bonds is 6. The number of thioether (sulfide) groups is 1. The Morgan fingerprint density at radius 2 is 2.00 bits per heavy atom. The molecule has 1 aromatic carbocycles. The lowest BCUT2D eigenvalue weighted by Gasteiger charge is -2.08. The number of aromatic nitrogens is 3. The van der Waals surface area contributed by atoms with Gasteiger partial charge in [-0.25, -0.2) is 0 Å². The van der Waals surface area contributed by atoms with E-state index in [1.54, 1.807) is 23.1 Å². The Kier molecular flexibility index (Phi) is 4.95. The summed E-state index contributed by atoms with van der Waals surface area (Å²) in [5, 5.41) is 11.9. The first-order valence-corrected chi connectivity index (χ1v) is 9.26. The summed E-state index contributed by atoms with van der Waals surface area (Å²) in [4.78, 5) is 1.33. The molecule has 5 heteroatoms. The second-order valence-corrected chi connectivity index (χ2v) is 7.09. The van der Waals surface area contributed by atoms with Crippen molar-refractivity contribution in [2.45, 2.75) is 37.7 Å². The number of benzene rings is 1. The minimum Gasteiger partial charge on any atom is -0.306 e. The molecule has 0 saturated carbocycles. The first kappa shape index (κ1) is 15.3. The van der Waals surface area contributed by atoms with Gasteiger partial charge in [-0.15, -0.1) is 21.5 Å². The van der Waals surface area contributed by atoms with Crippen molar-refractivity contribution in [3.05, 3.63) is 63.6 Å². The molecule has 0 unspecified atom stereocenters. The van der Waals surface area contributed by atoms with Crippen LogP contribution in [0.2, 0.25) is 0 Å². The van der Waals surface area contributed by atoms with Crippen LogP contribution in [-0.4, -0.2) is 14.8 Å². The molecular weight excluding hydrogens is 310 g/mol. The van der Waals surface area contributed by atoms with E-state index >= 15 is 0 Å². The van der Waals surface area contributed by atoms with Crippen molar-refractivity contribution in [3.63, 3.8) is 0 Å². The highest BCUT2D eigenvalue weighted by Crippen LogP contribution is 2.24. The van der Waals surface area contributed by atoms with E-state index in [2.05, 4.69) is 70.4 Å². The Labute approximate surface area is 139 Å². The molecule has 0 fully saturated rings. The molecule has 3 aromatic rings. The van der Waals surface area contributed by atoms with Gasteiger partial charge in [-0.3, -0.25) is 0 Å². The molecule has 22 heavy (non-hydrogen) atoms. The SMILES string of the molecule is CCn1c(Cc2cccs2)nnc1SCc1ccccc1C. The maximum absolute atomic E-state index is 4.40. The standard InChI is InChI=1S/C17H19N3S2/c1-3-20-16(11-15-9-6-10-21-15)18-19-17(20)22-12-14-8-5-4-7-13(14)2/h4-10H,3,11-12H2,1-2H3. The lowest BCUT2D eigenvalue weighted by Crippen LogP contribution is -2.03. The van der Waals surface area contributed by atoms with Crippen molar-refractivity contribution in [2.24, 2.45) is 0 Å². The van der Waals surface area contributed by atoms with E-state index in [1.807, 2.05) is 0 Å². The van der Waals surface area contributed by atoms with Gasteiger partial charge in [0.2, 0.25) is 0 Å². The van der Waals surface area contributed by atoms with Crippen LogP contribution in [0.1, 0.15) is 28.8 Å². The summed E-state index contributed by atoms with van der Waals surface area (Å²) in [6.07, 6.45) is 0.865. The minimum atomic E-state index is 0.865. The molecule has 0 radical (unpaired) electrons. The molecule has 0 saturated heterocycles. The topological polar surface area (TPSA) is 30.7 Å². The molecule has 0 N–H and O–H groups in total. The van der Waals surface area contributed by atoms with E-state index in [9.17, 15) is 0 Å². The summed E-state index contributed by atoms with van der Waals surface area (Å²) in [6.45, 7) is 5.21. The fourth-order valence-corrected chi connectivity index (χ4v) is 4.16. The average molecular weight is 329 g/mol. The van der Waals surface area contributed by atoms with E-state index in [4.69, 9.17) is 0 Å². The van der Waals surface area contributed by atoms with Crippen molar-refractivity contribution < 1.29 is 0 Å². The lowest BCUT2D eigenvalue weighted by molar-refractivity contribution is 0.652. The van der Waals surface area contributed by atoms with Gasteiger partial charge in [0.25, 0.3) is 0 Å². The average Bonchev–Trinajstić information content (AvgIpc) is 3.16. The third kappa shape index (κ3) is 3.42. The quantitative estimate of drug-likeness (QED) is 0.622. The molecule has 114 valence electrons. The molecule has 0 aliphatic rings. The largest absolute Gasteiger partial charge is 0.306 e. The zero-order valence-electron chi connectivity index (χ0n) is 12.8. The molecule has 2 aromatic heterocycles. The van der Waals surface area contributed by atoms with Gasteiger partial charge in [-0.2, -0.15) is 0 Å². The predicted molar refractivity (Wildman–Crippen MR) is 93.6 cm³/mol. The van der Waals surface area contributed by atoms with Gasteiger partial charge in [0, 0.05) is 23.6 Å². The van der Waals surface area contributed by atoms with Crippen LogP contribution < -0.4 is 0 Å². The summed E-state index contributed by atoms with van der Waals surface area (Å²) < 4.78 is 2.22. The van der Waals surface area contributed by atoms with Crippen LogP contribution in [0.3, 0.4) is 0 Å². The van der Waals surface area contributed by atoms with E-state index in [-0.39, 0.29) is 0 Å². The summed E-state index contributed by atoms with van der Waals surface area (Å²) in [7, 11) is 0. The van der Waals surface area contributed by atoms with E-state index in [0.717, 1.165) is 29.7 Å². The summed E-state index contributed by atoms with van der Waals surface area (Å²) >= 11 is 3.54. The first-order chi connectivity index (χ1) is 10.8. The van der Waals surface area contributed by atoms with Crippen molar-refractivity contribution in [1.82, 2.24) is 14.8 Å². The van der Waals surface area contributed by atoms with Crippen LogP contribution in [0.4, 0.5) is 0 Å². The van der Waals surface area contributed by atoms with Crippen LogP contribution in [-0.2, 0) is 18.7 Å². The Bertz CT molecular complexity index is 732. The fraction of sp³-hybridized carbons (Fsp3) is 0.294. The van der Waals surface area contributed by atoms with Crippen LogP contribution in [0, 0.1) is 6.92 Å². The number of hydrogen-bond acceptors (Lipinski definition) is 4. The second kappa shape index (κ2) is 7.11. The van der Waals surface area contributed by atoms with Gasteiger partial charge in [0.05, 0.1) is 0 Å². The second-order valence-electron chi connectivity index (χ2n) is 5.11. The summed E-state index contributed by atoms with van der Waals surface area (Å²) in [6, 6.07) is 12.7. The smallest absolute Gasteiger partial charge is 0.191 e. The van der Waals surface area contributed by atoms with E-state index in [1.165, 1.54) is 16.0 Å². The van der Waals surface area contributed by atoms with Gasteiger partial charge in [-0.05, 0) is 36.4 Å². The Morgan fingerprint density at radius 3 is 2.73 bits per heavy atom. The lowest BCUT2D eigenvalue weighted by atomic mass is 10.1. The van der Waals surface area contributed by atoms with Gasteiger partial charge >= 0.3 is 0 Å². The molecule has 0 atom stereocenters. The summed E-state index contributed by atoms with van der Waals surface area (Å²) in [5.41, 5.74) is 2.69. The molecule has 0 amide bonds. The normalized spacial score (nSPS) is 11.0. The van der Waals surface area contributed by atoms with E-state index < -0.39 is 0 Å². The van der Waals surface area contributed by atoms with Gasteiger partial charge in [-0.1, -0.05) is 42.1 Å². The highest BCUT2D eigenvalue weighted by molar-refractivity contribution is 7.98. The first-order valence-electron chi connectivity index (χ1n) is 7.39. The van der Waals surface area contributed by atoms with Crippen molar-refractivity contribution in [2.75, 3.05) is 0 Å². The van der Waals surface area contributed by atoms with Gasteiger partial charge < -0.3 is 4.57 Å². The zero-order valence-corrected chi connectivity index (χ0v) is 14.5. The van der Waals surface area contributed by atoms with Crippen molar-refractivity contribution >= 4 is 23.1 Å². The number of thiophene rings is 1. The third-order valence-corrected chi connectivity index (χ3v) is 5.53. The van der Waals surface area contributed by atoms with Crippen LogP contribution in [0.25, 0.3) is 0 Å². The number of nitrogens with zero attached hydrogens (tertiary/aromatic N) is 3. The Balaban J connectivity index is 1.74. The van der Waals surface area contributed by atoms with Crippen LogP contribution in [0.15, 0.2) is 46.9 Å². The predicted octanol–water partition coefficient (Wildman–Crippen LogP) is 4.55. The molecule has 2 heterocycles. The fourth-order valence-electron chi connectivity index (χ4n) is 2.36. The molecule has 0 aliphatic heterocycles. The van der Waals surface area contributed by atoms with Gasteiger partial charge in [0.1, 0.15) is 5.82 Å². The molecule has 0 bridgehead atoms. The number of aryl methyl sites for hydroxylation is 1. The molecule has 3 rings (SSSR count). The highest BCUT2D eigenvalue weighted by atomic mass is 32.2. The van der Waals surface area contributed by atoms with E-state index in [0.29, 0.717) is 0 Å². The Morgan fingerprint density at radius 1 is 1.14 bits per heavy atom.